The molecule has 1 aliphatic heterocycles. The first-order valence-electron chi connectivity index (χ1n) is 12.0. The van der Waals surface area contributed by atoms with E-state index in [-0.39, 0.29) is 5.91 Å². The highest BCUT2D eigenvalue weighted by atomic mass is 16.5. The molecule has 2 aromatic carbocycles. The van der Waals surface area contributed by atoms with Gasteiger partial charge < -0.3 is 14.4 Å². The van der Waals surface area contributed by atoms with Crippen molar-refractivity contribution < 1.29 is 14.3 Å². The highest BCUT2D eigenvalue weighted by Crippen LogP contribution is 2.23. The van der Waals surface area contributed by atoms with Crippen molar-refractivity contribution in [1.29, 1.82) is 0 Å². The molecule has 0 N–H and O–H groups in total. The van der Waals surface area contributed by atoms with Gasteiger partial charge in [-0.1, -0.05) is 18.2 Å². The Labute approximate surface area is 207 Å². The van der Waals surface area contributed by atoms with E-state index < -0.39 is 0 Å². The maximum Gasteiger partial charge on any atom is 0.246 e. The number of hydrogen-bond acceptors (Lipinski definition) is 5. The molecule has 0 radical (unpaired) electrons. The third kappa shape index (κ3) is 6.51. The van der Waals surface area contributed by atoms with Crippen LogP contribution in [0.5, 0.6) is 11.5 Å². The van der Waals surface area contributed by atoms with Gasteiger partial charge in [0.1, 0.15) is 18.1 Å². The third-order valence-electron chi connectivity index (χ3n) is 6.30. The lowest BCUT2D eigenvalue weighted by Gasteiger charge is -2.34. The van der Waals surface area contributed by atoms with E-state index in [0.29, 0.717) is 6.61 Å². The molecule has 184 valence electrons. The first-order valence-corrected chi connectivity index (χ1v) is 12.0. The van der Waals surface area contributed by atoms with Crippen molar-refractivity contribution in [2.75, 3.05) is 33.3 Å². The summed E-state index contributed by atoms with van der Waals surface area (Å²) in [6.07, 6.45) is 5.60. The summed E-state index contributed by atoms with van der Waals surface area (Å²) in [7, 11) is 3.60. The van der Waals surface area contributed by atoms with Crippen molar-refractivity contribution in [2.24, 2.45) is 7.05 Å². The third-order valence-corrected chi connectivity index (χ3v) is 6.30. The van der Waals surface area contributed by atoms with Gasteiger partial charge in [-0.15, -0.1) is 0 Å². The minimum atomic E-state index is 0.0376. The van der Waals surface area contributed by atoms with Gasteiger partial charge in [0, 0.05) is 63.2 Å². The summed E-state index contributed by atoms with van der Waals surface area (Å²) >= 11 is 0. The average molecular weight is 475 g/mol. The molecule has 2 heterocycles. The van der Waals surface area contributed by atoms with Crippen LogP contribution in [0.2, 0.25) is 0 Å². The molecule has 0 aliphatic carbocycles. The van der Waals surface area contributed by atoms with E-state index in [1.165, 1.54) is 5.56 Å². The number of rotatable bonds is 8. The van der Waals surface area contributed by atoms with Gasteiger partial charge in [0.15, 0.2) is 0 Å². The number of methoxy groups -OCH3 is 1. The molecule has 35 heavy (non-hydrogen) atoms. The van der Waals surface area contributed by atoms with Gasteiger partial charge in [0.2, 0.25) is 5.91 Å². The summed E-state index contributed by atoms with van der Waals surface area (Å²) in [6, 6.07) is 13.8. The molecular weight excluding hydrogens is 440 g/mol. The van der Waals surface area contributed by atoms with Gasteiger partial charge in [-0.05, 0) is 55.3 Å². The molecule has 7 heteroatoms. The summed E-state index contributed by atoms with van der Waals surface area (Å²) in [5, 5.41) is 4.42. The van der Waals surface area contributed by atoms with Crippen molar-refractivity contribution in [3.05, 3.63) is 82.7 Å². The molecule has 4 rings (SSSR count). The van der Waals surface area contributed by atoms with Crippen LogP contribution < -0.4 is 9.47 Å². The van der Waals surface area contributed by atoms with Gasteiger partial charge in [-0.25, -0.2) is 0 Å². The predicted molar refractivity (Wildman–Crippen MR) is 137 cm³/mol. The topological polar surface area (TPSA) is 59.8 Å². The number of ether oxygens (including phenoxy) is 2. The van der Waals surface area contributed by atoms with Crippen molar-refractivity contribution >= 4 is 12.0 Å². The van der Waals surface area contributed by atoms with E-state index in [0.717, 1.165) is 66.6 Å². The standard InChI is InChI=1S/C28H34N4O3/c1-21-6-5-7-26(16-21)35-20-24-17-23(8-10-27(24)34-4)9-11-28(33)32-14-12-31(13-15-32)19-25-18-30(3)29-22(25)2/h5-11,16-18H,12-15,19-20H2,1-4H3/b11-9+. The van der Waals surface area contributed by atoms with Crippen LogP contribution in [-0.2, 0) is 25.0 Å². The number of amides is 1. The molecular formula is C28H34N4O3. The SMILES string of the molecule is COc1ccc(/C=C/C(=O)N2CCN(Cc3cn(C)nc3C)CC2)cc1COc1cccc(C)c1. The maximum atomic E-state index is 12.8. The van der Waals surface area contributed by atoms with E-state index in [2.05, 4.69) is 16.2 Å². The second-order valence-corrected chi connectivity index (χ2v) is 9.02. The summed E-state index contributed by atoms with van der Waals surface area (Å²) in [5.74, 6) is 1.62. The molecule has 0 unspecified atom stereocenters. The van der Waals surface area contributed by atoms with Crippen LogP contribution in [0.15, 0.2) is 54.7 Å². The normalized spacial score (nSPS) is 14.5. The van der Waals surface area contributed by atoms with E-state index in [1.807, 2.05) is 79.0 Å². The summed E-state index contributed by atoms with van der Waals surface area (Å²) < 4.78 is 13.3. The summed E-state index contributed by atoms with van der Waals surface area (Å²) in [5.41, 5.74) is 5.33. The van der Waals surface area contributed by atoms with Crippen LogP contribution in [0.1, 0.15) is 27.9 Å². The monoisotopic (exact) mass is 474 g/mol. The fraction of sp³-hybridized carbons (Fsp3) is 0.357. The minimum absolute atomic E-state index is 0.0376. The number of carbonyl (C=O) groups is 1. The Bertz CT molecular complexity index is 1190. The second-order valence-electron chi connectivity index (χ2n) is 9.02. The van der Waals surface area contributed by atoms with E-state index >= 15 is 0 Å². The van der Waals surface area contributed by atoms with Crippen molar-refractivity contribution in [1.82, 2.24) is 19.6 Å². The predicted octanol–water partition coefficient (Wildman–Crippen LogP) is 3.98. The zero-order chi connectivity index (χ0) is 24.8. The molecule has 7 nitrogen and oxygen atoms in total. The fourth-order valence-corrected chi connectivity index (χ4v) is 4.33. The summed E-state index contributed by atoms with van der Waals surface area (Å²) in [6.45, 7) is 8.50. The number of nitrogens with zero attached hydrogens (tertiary/aromatic N) is 4. The molecule has 0 spiro atoms. The minimum Gasteiger partial charge on any atom is -0.496 e. The van der Waals surface area contributed by atoms with Crippen molar-refractivity contribution in [2.45, 2.75) is 27.0 Å². The van der Waals surface area contributed by atoms with E-state index in [4.69, 9.17) is 9.47 Å². The zero-order valence-electron chi connectivity index (χ0n) is 21.0. The Morgan fingerprint density at radius 1 is 1.06 bits per heavy atom. The molecule has 1 amide bonds. The lowest BCUT2D eigenvalue weighted by molar-refractivity contribution is -0.127. The van der Waals surface area contributed by atoms with Crippen LogP contribution >= 0.6 is 0 Å². The molecule has 1 aliphatic rings. The summed E-state index contributed by atoms with van der Waals surface area (Å²) in [4.78, 5) is 17.1. The number of hydrogen-bond donors (Lipinski definition) is 0. The number of piperazine rings is 1. The van der Waals surface area contributed by atoms with Gasteiger partial charge >= 0.3 is 0 Å². The van der Waals surface area contributed by atoms with E-state index in [1.54, 1.807) is 13.2 Å². The number of carbonyl (C=O) groups excluding carboxylic acids is 1. The molecule has 0 atom stereocenters. The van der Waals surface area contributed by atoms with Gasteiger partial charge in [0.25, 0.3) is 0 Å². The molecule has 0 bridgehead atoms. The molecule has 1 fully saturated rings. The van der Waals surface area contributed by atoms with Gasteiger partial charge in [-0.3, -0.25) is 14.4 Å². The Kier molecular flexibility index (Phi) is 7.87. The molecule has 0 saturated carbocycles. The maximum absolute atomic E-state index is 12.8. The van der Waals surface area contributed by atoms with Crippen molar-refractivity contribution in [3.63, 3.8) is 0 Å². The smallest absolute Gasteiger partial charge is 0.246 e. The van der Waals surface area contributed by atoms with Crippen LogP contribution in [-0.4, -0.2) is 58.8 Å². The first kappa shape index (κ1) is 24.5. The Morgan fingerprint density at radius 3 is 2.54 bits per heavy atom. The lowest BCUT2D eigenvalue weighted by Crippen LogP contribution is -2.47. The Hall–Kier alpha value is -3.58. The first-order chi connectivity index (χ1) is 16.9. The van der Waals surface area contributed by atoms with Crippen molar-refractivity contribution in [3.8, 4) is 11.5 Å². The largest absolute Gasteiger partial charge is 0.496 e. The lowest BCUT2D eigenvalue weighted by atomic mass is 10.1. The molecule has 3 aromatic rings. The van der Waals surface area contributed by atoms with E-state index in [9.17, 15) is 4.79 Å². The van der Waals surface area contributed by atoms with Crippen LogP contribution in [0.25, 0.3) is 6.08 Å². The van der Waals surface area contributed by atoms with Gasteiger partial charge in [-0.2, -0.15) is 5.10 Å². The fourth-order valence-electron chi connectivity index (χ4n) is 4.33. The number of aromatic nitrogens is 2. The number of benzene rings is 2. The highest BCUT2D eigenvalue weighted by molar-refractivity contribution is 5.91. The molecule has 1 saturated heterocycles. The average Bonchev–Trinajstić information content (AvgIpc) is 3.17. The van der Waals surface area contributed by atoms with Crippen LogP contribution in [0, 0.1) is 13.8 Å². The second kappa shape index (κ2) is 11.2. The molecule has 1 aromatic heterocycles. The zero-order valence-corrected chi connectivity index (χ0v) is 21.0. The quantitative estimate of drug-likeness (QED) is 0.462. The highest BCUT2D eigenvalue weighted by Gasteiger charge is 2.20. The van der Waals surface area contributed by atoms with Gasteiger partial charge in [0.05, 0.1) is 12.8 Å². The Balaban J connectivity index is 1.33. The van der Waals surface area contributed by atoms with Crippen LogP contribution in [0.3, 0.4) is 0 Å². The Morgan fingerprint density at radius 2 is 1.86 bits per heavy atom. The number of aryl methyl sites for hydroxylation is 3. The van der Waals surface area contributed by atoms with Crippen LogP contribution in [0.4, 0.5) is 0 Å².